The van der Waals surface area contributed by atoms with E-state index in [0.29, 0.717) is 17.9 Å². The summed E-state index contributed by atoms with van der Waals surface area (Å²) in [6.07, 6.45) is 5.45. The van der Waals surface area contributed by atoms with Gasteiger partial charge in [-0.05, 0) is 55.7 Å². The average Bonchev–Trinajstić information content (AvgIpc) is 2.87. The van der Waals surface area contributed by atoms with Crippen LogP contribution in [0.4, 0.5) is 11.5 Å². The standard InChI is InChI=1S/C20H25N5O4.C5H5N/c1-13-4-7-16(20(29)25(13)12-17(26)21-10-8-18(27)28)23-11-15-6-5-14-3-2-9-22-19(14)24-15;1-2-4-6-5-3-1/h4-7,23H,2-3,8-12H2,1H3,(H,21,26)(H,22,24)(H,27,28);1-5H. The Morgan fingerprint density at radius 1 is 1.14 bits per heavy atom. The number of carboxylic acid groups (broad SMARTS) is 1. The number of aliphatic carboxylic acids is 1. The molecular formula is C25H30N6O4. The predicted molar refractivity (Wildman–Crippen MR) is 133 cm³/mol. The van der Waals surface area contributed by atoms with Gasteiger partial charge in [0, 0.05) is 31.2 Å². The average molecular weight is 479 g/mol. The van der Waals surface area contributed by atoms with Crippen molar-refractivity contribution in [3.8, 4) is 0 Å². The molecule has 0 atom stereocenters. The summed E-state index contributed by atoms with van der Waals surface area (Å²) in [5, 5.41) is 17.5. The molecule has 0 saturated carbocycles. The van der Waals surface area contributed by atoms with E-state index >= 15 is 0 Å². The predicted octanol–water partition coefficient (Wildman–Crippen LogP) is 2.19. The first-order valence-corrected chi connectivity index (χ1v) is 11.4. The van der Waals surface area contributed by atoms with Gasteiger partial charge in [0.05, 0.1) is 18.7 Å². The molecule has 0 spiro atoms. The molecule has 35 heavy (non-hydrogen) atoms. The van der Waals surface area contributed by atoms with E-state index in [-0.39, 0.29) is 25.1 Å². The highest BCUT2D eigenvalue weighted by Gasteiger charge is 2.13. The van der Waals surface area contributed by atoms with Gasteiger partial charge in [0.2, 0.25) is 5.91 Å². The Labute approximate surface area is 203 Å². The van der Waals surface area contributed by atoms with Gasteiger partial charge in [0.25, 0.3) is 5.56 Å². The number of nitrogens with zero attached hydrogens (tertiary/aromatic N) is 3. The van der Waals surface area contributed by atoms with E-state index in [2.05, 4.69) is 32.0 Å². The van der Waals surface area contributed by atoms with Crippen molar-refractivity contribution < 1.29 is 14.7 Å². The molecule has 0 radical (unpaired) electrons. The zero-order valence-electron chi connectivity index (χ0n) is 19.7. The quantitative estimate of drug-likeness (QED) is 0.387. The molecule has 184 valence electrons. The molecule has 1 aliphatic rings. The zero-order valence-corrected chi connectivity index (χ0v) is 19.7. The zero-order chi connectivity index (χ0) is 25.0. The van der Waals surface area contributed by atoms with Gasteiger partial charge in [-0.3, -0.25) is 19.4 Å². The summed E-state index contributed by atoms with van der Waals surface area (Å²) in [5.41, 5.74) is 2.73. The molecule has 0 aliphatic carbocycles. The maximum absolute atomic E-state index is 12.8. The van der Waals surface area contributed by atoms with E-state index in [1.807, 2.05) is 24.3 Å². The number of aromatic nitrogens is 3. The fourth-order valence-corrected chi connectivity index (χ4v) is 3.48. The molecule has 10 heteroatoms. The van der Waals surface area contributed by atoms with Crippen molar-refractivity contribution in [2.24, 2.45) is 0 Å². The van der Waals surface area contributed by atoms with Crippen molar-refractivity contribution in [3.05, 3.63) is 82.2 Å². The van der Waals surface area contributed by atoms with Crippen molar-refractivity contribution in [2.45, 2.75) is 39.3 Å². The second kappa shape index (κ2) is 12.9. The summed E-state index contributed by atoms with van der Waals surface area (Å²) >= 11 is 0. The number of carboxylic acids is 1. The Kier molecular flexibility index (Phi) is 9.35. The van der Waals surface area contributed by atoms with Gasteiger partial charge in [-0.1, -0.05) is 12.1 Å². The van der Waals surface area contributed by atoms with Gasteiger partial charge in [-0.2, -0.15) is 0 Å². The van der Waals surface area contributed by atoms with Crippen LogP contribution in [0.1, 0.15) is 29.8 Å². The minimum Gasteiger partial charge on any atom is -0.481 e. The van der Waals surface area contributed by atoms with Crippen LogP contribution < -0.4 is 21.5 Å². The lowest BCUT2D eigenvalue weighted by atomic mass is 10.1. The van der Waals surface area contributed by atoms with Crippen molar-refractivity contribution in [1.82, 2.24) is 19.9 Å². The topological polar surface area (TPSA) is 138 Å². The third-order valence-electron chi connectivity index (χ3n) is 5.33. The number of pyridine rings is 3. The van der Waals surface area contributed by atoms with Crippen LogP contribution in [0, 0.1) is 6.92 Å². The summed E-state index contributed by atoms with van der Waals surface area (Å²) in [7, 11) is 0. The molecule has 4 rings (SSSR count). The molecule has 1 amide bonds. The van der Waals surface area contributed by atoms with E-state index in [0.717, 1.165) is 30.9 Å². The second-order valence-electron chi connectivity index (χ2n) is 7.99. The van der Waals surface area contributed by atoms with E-state index in [4.69, 9.17) is 5.11 Å². The Morgan fingerprint density at radius 2 is 1.94 bits per heavy atom. The number of fused-ring (bicyclic) bond motifs is 1. The third kappa shape index (κ3) is 7.95. The SMILES string of the molecule is Cc1ccc(NCc2ccc3c(n2)NCCC3)c(=O)n1CC(=O)NCCC(=O)O.c1ccncc1. The van der Waals surface area contributed by atoms with E-state index in [1.165, 1.54) is 10.1 Å². The maximum atomic E-state index is 12.8. The van der Waals surface area contributed by atoms with Crippen molar-refractivity contribution in [3.63, 3.8) is 0 Å². The Hall–Kier alpha value is -4.21. The molecule has 0 saturated heterocycles. The van der Waals surface area contributed by atoms with E-state index in [1.54, 1.807) is 31.5 Å². The first-order chi connectivity index (χ1) is 16.9. The van der Waals surface area contributed by atoms with Crippen LogP contribution in [-0.2, 0) is 29.1 Å². The van der Waals surface area contributed by atoms with Gasteiger partial charge in [-0.25, -0.2) is 4.98 Å². The fraction of sp³-hybridized carbons (Fsp3) is 0.320. The fourth-order valence-electron chi connectivity index (χ4n) is 3.48. The number of hydrogen-bond donors (Lipinski definition) is 4. The largest absolute Gasteiger partial charge is 0.481 e. The third-order valence-corrected chi connectivity index (χ3v) is 5.33. The van der Waals surface area contributed by atoms with E-state index in [9.17, 15) is 14.4 Å². The van der Waals surface area contributed by atoms with Crippen LogP contribution >= 0.6 is 0 Å². The number of amides is 1. The highest BCUT2D eigenvalue weighted by atomic mass is 16.4. The number of aryl methyl sites for hydroxylation is 2. The van der Waals surface area contributed by atoms with Crippen molar-refractivity contribution in [2.75, 3.05) is 23.7 Å². The molecule has 0 fully saturated rings. The summed E-state index contributed by atoms with van der Waals surface area (Å²) in [6.45, 7) is 2.90. The molecule has 4 heterocycles. The highest BCUT2D eigenvalue weighted by molar-refractivity contribution is 5.76. The van der Waals surface area contributed by atoms with Crippen LogP contribution in [0.5, 0.6) is 0 Å². The van der Waals surface area contributed by atoms with Gasteiger partial charge in [0.15, 0.2) is 0 Å². The van der Waals surface area contributed by atoms with Crippen molar-refractivity contribution >= 4 is 23.4 Å². The van der Waals surface area contributed by atoms with Gasteiger partial charge in [0.1, 0.15) is 18.1 Å². The Balaban J connectivity index is 0.000000497. The van der Waals surface area contributed by atoms with Crippen LogP contribution in [0.25, 0.3) is 0 Å². The summed E-state index contributed by atoms with van der Waals surface area (Å²) < 4.78 is 1.36. The Morgan fingerprint density at radius 3 is 2.63 bits per heavy atom. The number of nitrogens with one attached hydrogen (secondary N) is 3. The molecule has 4 N–H and O–H groups in total. The van der Waals surface area contributed by atoms with Crippen LogP contribution in [-0.4, -0.2) is 44.6 Å². The highest BCUT2D eigenvalue weighted by Crippen LogP contribution is 2.20. The second-order valence-corrected chi connectivity index (χ2v) is 7.99. The first-order valence-electron chi connectivity index (χ1n) is 11.4. The molecular weight excluding hydrogens is 448 g/mol. The number of carbonyl (C=O) groups is 2. The summed E-state index contributed by atoms with van der Waals surface area (Å²) in [6, 6.07) is 13.2. The minimum absolute atomic E-state index is 0.0257. The van der Waals surface area contributed by atoms with Gasteiger partial charge < -0.3 is 25.6 Å². The number of hydrogen-bond acceptors (Lipinski definition) is 7. The molecule has 10 nitrogen and oxygen atoms in total. The normalized spacial score (nSPS) is 11.8. The van der Waals surface area contributed by atoms with Gasteiger partial charge >= 0.3 is 5.97 Å². The lowest BCUT2D eigenvalue weighted by Gasteiger charge is -2.18. The number of carbonyl (C=O) groups excluding carboxylic acids is 1. The molecule has 3 aromatic rings. The molecule has 3 aromatic heterocycles. The smallest absolute Gasteiger partial charge is 0.305 e. The lowest BCUT2D eigenvalue weighted by Crippen LogP contribution is -2.35. The number of rotatable bonds is 8. The lowest BCUT2D eigenvalue weighted by molar-refractivity contribution is -0.136. The number of anilines is 2. The molecule has 0 bridgehead atoms. The Bertz CT molecular complexity index is 1170. The maximum Gasteiger partial charge on any atom is 0.305 e. The molecule has 0 unspecified atom stereocenters. The summed E-state index contributed by atoms with van der Waals surface area (Å²) in [4.78, 5) is 43.7. The minimum atomic E-state index is -0.990. The molecule has 0 aromatic carbocycles. The van der Waals surface area contributed by atoms with Crippen LogP contribution in [0.15, 0.2) is 59.7 Å². The molecule has 1 aliphatic heterocycles. The first kappa shape index (κ1) is 25.4. The van der Waals surface area contributed by atoms with Gasteiger partial charge in [-0.15, -0.1) is 0 Å². The van der Waals surface area contributed by atoms with Crippen LogP contribution in [0.3, 0.4) is 0 Å². The summed E-state index contributed by atoms with van der Waals surface area (Å²) in [5.74, 6) is -0.498. The van der Waals surface area contributed by atoms with E-state index < -0.39 is 11.9 Å². The monoisotopic (exact) mass is 478 g/mol. The van der Waals surface area contributed by atoms with Crippen molar-refractivity contribution in [1.29, 1.82) is 0 Å². The van der Waals surface area contributed by atoms with Crippen LogP contribution in [0.2, 0.25) is 0 Å².